The molecular weight excluding hydrogens is 283 g/mol. The Hall–Kier alpha value is -1.11. The molecular formula is C15H22F3NO2. The van der Waals surface area contributed by atoms with Crippen LogP contribution >= 0.6 is 0 Å². The molecule has 0 fully saturated rings. The molecule has 1 aromatic rings. The van der Waals surface area contributed by atoms with Crippen LogP contribution in [0.15, 0.2) is 24.3 Å². The Balaban J connectivity index is 2.64. The third-order valence-corrected chi connectivity index (χ3v) is 3.01. The highest BCUT2D eigenvalue weighted by Crippen LogP contribution is 2.30. The van der Waals surface area contributed by atoms with E-state index in [-0.39, 0.29) is 6.04 Å². The first kappa shape index (κ1) is 17.9. The molecule has 0 bridgehead atoms. The van der Waals surface area contributed by atoms with E-state index in [0.717, 1.165) is 12.1 Å². The van der Waals surface area contributed by atoms with Crippen molar-refractivity contribution in [1.82, 2.24) is 5.32 Å². The number of rotatable bonds is 8. The summed E-state index contributed by atoms with van der Waals surface area (Å²) in [5.74, 6) is 0. The van der Waals surface area contributed by atoms with Gasteiger partial charge in [0.15, 0.2) is 6.29 Å². The number of alkyl halides is 3. The largest absolute Gasteiger partial charge is 0.416 e. The maximum Gasteiger partial charge on any atom is 0.416 e. The van der Waals surface area contributed by atoms with Gasteiger partial charge in [0.2, 0.25) is 0 Å². The van der Waals surface area contributed by atoms with Gasteiger partial charge in [-0.05, 0) is 38.5 Å². The molecule has 0 aliphatic heterocycles. The Labute approximate surface area is 123 Å². The van der Waals surface area contributed by atoms with Crippen LogP contribution in [0.5, 0.6) is 0 Å². The molecule has 1 rings (SSSR count). The molecule has 1 unspecified atom stereocenters. The molecule has 0 saturated heterocycles. The van der Waals surface area contributed by atoms with Crippen molar-refractivity contribution in [2.24, 2.45) is 0 Å². The molecule has 0 aliphatic carbocycles. The van der Waals surface area contributed by atoms with Crippen molar-refractivity contribution in [3.63, 3.8) is 0 Å². The molecule has 0 radical (unpaired) electrons. The Kier molecular flexibility index (Phi) is 7.14. The minimum absolute atomic E-state index is 0.226. The zero-order valence-corrected chi connectivity index (χ0v) is 12.5. The molecule has 0 amide bonds. The number of halogens is 3. The fraction of sp³-hybridized carbons (Fsp3) is 0.600. The molecule has 6 heteroatoms. The van der Waals surface area contributed by atoms with Crippen LogP contribution in [0.25, 0.3) is 0 Å². The molecule has 1 atom stereocenters. The van der Waals surface area contributed by atoms with Gasteiger partial charge in [0.1, 0.15) is 0 Å². The first-order chi connectivity index (χ1) is 9.88. The lowest BCUT2D eigenvalue weighted by Gasteiger charge is -2.21. The third kappa shape index (κ3) is 6.03. The van der Waals surface area contributed by atoms with Gasteiger partial charge in [0.25, 0.3) is 0 Å². The minimum atomic E-state index is -4.32. The zero-order chi connectivity index (χ0) is 15.9. The van der Waals surface area contributed by atoms with Gasteiger partial charge in [-0.15, -0.1) is 0 Å². The normalized spacial score (nSPS) is 13.7. The molecule has 0 heterocycles. The molecule has 0 saturated carbocycles. The van der Waals surface area contributed by atoms with Gasteiger partial charge in [0.05, 0.1) is 5.56 Å². The lowest BCUT2D eigenvalue weighted by atomic mass is 10.0. The summed E-state index contributed by atoms with van der Waals surface area (Å²) >= 11 is 0. The zero-order valence-electron chi connectivity index (χ0n) is 12.5. The second-order valence-corrected chi connectivity index (χ2v) is 4.59. The summed E-state index contributed by atoms with van der Waals surface area (Å²) in [6.07, 6.45) is -4.72. The molecule has 1 N–H and O–H groups in total. The van der Waals surface area contributed by atoms with Crippen molar-refractivity contribution in [2.45, 2.75) is 39.3 Å². The number of hydrogen-bond acceptors (Lipinski definition) is 3. The van der Waals surface area contributed by atoms with E-state index < -0.39 is 18.0 Å². The van der Waals surface area contributed by atoms with Crippen molar-refractivity contribution in [3.8, 4) is 0 Å². The molecule has 0 aliphatic rings. The van der Waals surface area contributed by atoms with E-state index in [2.05, 4.69) is 5.32 Å². The topological polar surface area (TPSA) is 30.5 Å². The van der Waals surface area contributed by atoms with Crippen molar-refractivity contribution < 1.29 is 22.6 Å². The Morgan fingerprint density at radius 2 is 1.76 bits per heavy atom. The van der Waals surface area contributed by atoms with Gasteiger partial charge in [-0.2, -0.15) is 13.2 Å². The van der Waals surface area contributed by atoms with Gasteiger partial charge in [-0.1, -0.05) is 12.1 Å². The van der Waals surface area contributed by atoms with E-state index in [4.69, 9.17) is 9.47 Å². The van der Waals surface area contributed by atoms with Crippen molar-refractivity contribution in [2.75, 3.05) is 19.8 Å². The van der Waals surface area contributed by atoms with Crippen LogP contribution in [0, 0.1) is 0 Å². The maximum atomic E-state index is 12.7. The van der Waals surface area contributed by atoms with Crippen LogP contribution in [-0.2, 0) is 15.7 Å². The van der Waals surface area contributed by atoms with Crippen LogP contribution in [-0.4, -0.2) is 26.0 Å². The van der Waals surface area contributed by atoms with E-state index in [1.165, 1.54) is 6.07 Å². The highest BCUT2D eigenvalue weighted by Gasteiger charge is 2.30. The van der Waals surface area contributed by atoms with E-state index >= 15 is 0 Å². The Bertz CT molecular complexity index is 418. The lowest BCUT2D eigenvalue weighted by Crippen LogP contribution is -2.33. The lowest BCUT2D eigenvalue weighted by molar-refractivity contribution is -0.137. The molecule has 3 nitrogen and oxygen atoms in total. The summed E-state index contributed by atoms with van der Waals surface area (Å²) in [6, 6.07) is 5.09. The van der Waals surface area contributed by atoms with Gasteiger partial charge in [-0.3, -0.25) is 0 Å². The number of ether oxygens (including phenoxy) is 2. The molecule has 0 spiro atoms. The SMILES string of the molecule is CCOC(CNC(C)c1cccc(C(F)(F)F)c1)OCC. The summed E-state index contributed by atoms with van der Waals surface area (Å²) in [4.78, 5) is 0. The summed E-state index contributed by atoms with van der Waals surface area (Å²) in [6.45, 7) is 6.99. The second kappa shape index (κ2) is 8.36. The highest BCUT2D eigenvalue weighted by molar-refractivity contribution is 5.27. The summed E-state index contributed by atoms with van der Waals surface area (Å²) in [5.41, 5.74) is -0.0589. The van der Waals surface area contributed by atoms with E-state index in [1.54, 1.807) is 6.07 Å². The summed E-state index contributed by atoms with van der Waals surface area (Å²) in [5, 5.41) is 3.13. The Morgan fingerprint density at radius 3 is 2.29 bits per heavy atom. The monoisotopic (exact) mass is 305 g/mol. The fourth-order valence-electron chi connectivity index (χ4n) is 1.91. The van der Waals surface area contributed by atoms with Crippen molar-refractivity contribution in [1.29, 1.82) is 0 Å². The predicted octanol–water partition coefficient (Wildman–Crippen LogP) is 3.76. The van der Waals surface area contributed by atoms with Gasteiger partial charge in [0, 0.05) is 25.8 Å². The van der Waals surface area contributed by atoms with Crippen molar-refractivity contribution in [3.05, 3.63) is 35.4 Å². The standard InChI is InChI=1S/C15H22F3NO2/c1-4-20-14(21-5-2)10-19-11(3)12-7-6-8-13(9-12)15(16,17)18/h6-9,11,14,19H,4-5,10H2,1-3H3. The van der Waals surface area contributed by atoms with E-state index in [9.17, 15) is 13.2 Å². The second-order valence-electron chi connectivity index (χ2n) is 4.59. The minimum Gasteiger partial charge on any atom is -0.352 e. The smallest absolute Gasteiger partial charge is 0.352 e. The average Bonchev–Trinajstić information content (AvgIpc) is 2.44. The maximum absolute atomic E-state index is 12.7. The van der Waals surface area contributed by atoms with Crippen LogP contribution in [0.1, 0.15) is 37.9 Å². The highest BCUT2D eigenvalue weighted by atomic mass is 19.4. The molecule has 120 valence electrons. The number of hydrogen-bond donors (Lipinski definition) is 1. The van der Waals surface area contributed by atoms with Crippen LogP contribution < -0.4 is 5.32 Å². The van der Waals surface area contributed by atoms with Crippen molar-refractivity contribution >= 4 is 0 Å². The predicted molar refractivity (Wildman–Crippen MR) is 74.9 cm³/mol. The first-order valence-electron chi connectivity index (χ1n) is 7.02. The molecule has 1 aromatic carbocycles. The third-order valence-electron chi connectivity index (χ3n) is 3.01. The van der Waals surface area contributed by atoms with Crippen LogP contribution in [0.3, 0.4) is 0 Å². The van der Waals surface area contributed by atoms with Crippen LogP contribution in [0.4, 0.5) is 13.2 Å². The van der Waals surface area contributed by atoms with E-state index in [0.29, 0.717) is 25.3 Å². The molecule has 0 aromatic heterocycles. The number of nitrogens with one attached hydrogen (secondary N) is 1. The average molecular weight is 305 g/mol. The van der Waals surface area contributed by atoms with Gasteiger partial charge < -0.3 is 14.8 Å². The van der Waals surface area contributed by atoms with Gasteiger partial charge >= 0.3 is 6.18 Å². The Morgan fingerprint density at radius 1 is 1.14 bits per heavy atom. The van der Waals surface area contributed by atoms with Gasteiger partial charge in [-0.25, -0.2) is 0 Å². The molecule has 21 heavy (non-hydrogen) atoms. The van der Waals surface area contributed by atoms with Crippen LogP contribution in [0.2, 0.25) is 0 Å². The first-order valence-corrected chi connectivity index (χ1v) is 7.02. The summed E-state index contributed by atoms with van der Waals surface area (Å²) in [7, 11) is 0. The fourth-order valence-corrected chi connectivity index (χ4v) is 1.91. The van der Waals surface area contributed by atoms with E-state index in [1.807, 2.05) is 20.8 Å². The summed E-state index contributed by atoms with van der Waals surface area (Å²) < 4.78 is 48.8. The quantitative estimate of drug-likeness (QED) is 0.742. The number of benzene rings is 1.